The van der Waals surface area contributed by atoms with Crippen molar-refractivity contribution in [2.75, 3.05) is 45.9 Å². The van der Waals surface area contributed by atoms with Crippen LogP contribution in [0.25, 0.3) is 0 Å². The van der Waals surface area contributed by atoms with Crippen molar-refractivity contribution < 1.29 is 23.0 Å². The number of methoxy groups -OCH3 is 3. The lowest BCUT2D eigenvalue weighted by Gasteiger charge is -2.21. The van der Waals surface area contributed by atoms with Crippen molar-refractivity contribution in [1.82, 2.24) is 10.6 Å². The van der Waals surface area contributed by atoms with Crippen LogP contribution >= 0.6 is 24.0 Å². The summed E-state index contributed by atoms with van der Waals surface area (Å²) in [5.41, 5.74) is 1.31. The van der Waals surface area contributed by atoms with Gasteiger partial charge in [0.05, 0.1) is 33.6 Å². The average Bonchev–Trinajstić information content (AvgIpc) is 3.24. The highest BCUT2D eigenvalue weighted by atomic mass is 127. The number of aliphatic imine (C=N–C) groups is 1. The largest absolute Gasteiger partial charge is 0.493 e. The fourth-order valence-electron chi connectivity index (χ4n) is 3.75. The summed E-state index contributed by atoms with van der Waals surface area (Å²) in [6.45, 7) is 4.36. The number of ether oxygens (including phenoxy) is 3. The number of benzene rings is 2. The molecule has 2 aromatic carbocycles. The zero-order chi connectivity index (χ0) is 23.1. The highest BCUT2D eigenvalue weighted by molar-refractivity contribution is 14.0. The SMILES string of the molecule is CCNC(=NCc1cc(OC)c(OC)c(OC)c1)NC1CCN(c2ccc(F)cc2F)C1.I. The van der Waals surface area contributed by atoms with Crippen LogP contribution in [0.3, 0.4) is 0 Å². The van der Waals surface area contributed by atoms with Gasteiger partial charge in [-0.2, -0.15) is 0 Å². The standard InChI is InChI=1S/C23H30F2N4O3.HI/c1-5-26-23(27-13-15-10-20(30-2)22(32-4)21(11-15)31-3)28-17-8-9-29(14-17)19-7-6-16(24)12-18(19)25;/h6-7,10-12,17H,5,8-9,13-14H2,1-4H3,(H2,26,27,28);1H. The van der Waals surface area contributed by atoms with Gasteiger partial charge in [-0.1, -0.05) is 0 Å². The first kappa shape index (κ1) is 26.7. The molecule has 0 bridgehead atoms. The third kappa shape index (κ3) is 6.75. The number of nitrogens with one attached hydrogen (secondary N) is 2. The van der Waals surface area contributed by atoms with Gasteiger partial charge in [0, 0.05) is 31.7 Å². The number of anilines is 1. The molecule has 33 heavy (non-hydrogen) atoms. The normalized spacial score (nSPS) is 15.6. The second-order valence-corrected chi connectivity index (χ2v) is 7.40. The van der Waals surface area contributed by atoms with Gasteiger partial charge >= 0.3 is 0 Å². The number of hydrogen-bond acceptors (Lipinski definition) is 5. The quantitative estimate of drug-likeness (QED) is 0.282. The van der Waals surface area contributed by atoms with Crippen molar-refractivity contribution in [2.45, 2.75) is 25.9 Å². The molecule has 1 aliphatic rings. The Morgan fingerprint density at radius 2 is 1.79 bits per heavy atom. The molecule has 2 aromatic rings. The van der Waals surface area contributed by atoms with Crippen LogP contribution in [-0.4, -0.2) is 53.0 Å². The molecule has 1 aliphatic heterocycles. The maximum Gasteiger partial charge on any atom is 0.203 e. The Bertz CT molecular complexity index is 936. The van der Waals surface area contributed by atoms with Crippen molar-refractivity contribution in [3.8, 4) is 17.2 Å². The number of nitrogens with zero attached hydrogens (tertiary/aromatic N) is 2. The zero-order valence-corrected chi connectivity index (χ0v) is 21.6. The lowest BCUT2D eigenvalue weighted by molar-refractivity contribution is 0.324. The van der Waals surface area contributed by atoms with Crippen LogP contribution in [0, 0.1) is 11.6 Å². The van der Waals surface area contributed by atoms with E-state index >= 15 is 0 Å². The maximum atomic E-state index is 14.1. The van der Waals surface area contributed by atoms with Crippen molar-refractivity contribution in [3.63, 3.8) is 0 Å². The van der Waals surface area contributed by atoms with E-state index in [1.807, 2.05) is 24.0 Å². The van der Waals surface area contributed by atoms with Gasteiger partial charge in [-0.15, -0.1) is 24.0 Å². The molecule has 182 valence electrons. The van der Waals surface area contributed by atoms with Crippen LogP contribution in [0.15, 0.2) is 35.3 Å². The number of guanidine groups is 1. The molecule has 1 fully saturated rings. The Labute approximate surface area is 210 Å². The van der Waals surface area contributed by atoms with Crippen molar-refractivity contribution in [1.29, 1.82) is 0 Å². The molecule has 1 heterocycles. The summed E-state index contributed by atoms with van der Waals surface area (Å²) in [4.78, 5) is 6.59. The van der Waals surface area contributed by atoms with Crippen LogP contribution in [-0.2, 0) is 6.54 Å². The minimum absolute atomic E-state index is 0. The fourth-order valence-corrected chi connectivity index (χ4v) is 3.75. The van der Waals surface area contributed by atoms with E-state index in [0.717, 1.165) is 18.1 Å². The van der Waals surface area contributed by atoms with Crippen LogP contribution in [0.5, 0.6) is 17.2 Å². The first-order valence-corrected chi connectivity index (χ1v) is 10.5. The second-order valence-electron chi connectivity index (χ2n) is 7.40. The molecule has 0 amide bonds. The molecule has 1 atom stereocenters. The summed E-state index contributed by atoms with van der Waals surface area (Å²) >= 11 is 0. The van der Waals surface area contributed by atoms with Gasteiger partial charge in [0.25, 0.3) is 0 Å². The lowest BCUT2D eigenvalue weighted by Crippen LogP contribution is -2.44. The highest BCUT2D eigenvalue weighted by Crippen LogP contribution is 2.38. The summed E-state index contributed by atoms with van der Waals surface area (Å²) in [5, 5.41) is 6.65. The first-order valence-electron chi connectivity index (χ1n) is 10.5. The van der Waals surface area contributed by atoms with Gasteiger partial charge in [-0.3, -0.25) is 0 Å². The fraction of sp³-hybridized carbons (Fsp3) is 0.435. The topological polar surface area (TPSA) is 67.4 Å². The van der Waals surface area contributed by atoms with Crippen LogP contribution < -0.4 is 29.7 Å². The van der Waals surface area contributed by atoms with Crippen LogP contribution in [0.1, 0.15) is 18.9 Å². The Morgan fingerprint density at radius 3 is 2.36 bits per heavy atom. The average molecular weight is 576 g/mol. The molecule has 0 radical (unpaired) electrons. The van der Waals surface area contributed by atoms with E-state index in [9.17, 15) is 8.78 Å². The van der Waals surface area contributed by atoms with Crippen LogP contribution in [0.4, 0.5) is 14.5 Å². The van der Waals surface area contributed by atoms with E-state index in [2.05, 4.69) is 15.6 Å². The number of rotatable bonds is 8. The van der Waals surface area contributed by atoms with Gasteiger partial charge in [-0.25, -0.2) is 13.8 Å². The summed E-state index contributed by atoms with van der Waals surface area (Å²) < 4.78 is 43.5. The molecular formula is C23H31F2IN4O3. The van der Waals surface area contributed by atoms with E-state index in [1.165, 1.54) is 12.1 Å². The Kier molecular flexibility index (Phi) is 10.3. The predicted octanol–water partition coefficient (Wildman–Crippen LogP) is 3.94. The summed E-state index contributed by atoms with van der Waals surface area (Å²) in [6.07, 6.45) is 0.811. The first-order chi connectivity index (χ1) is 15.5. The summed E-state index contributed by atoms with van der Waals surface area (Å²) in [6, 6.07) is 7.49. The molecule has 0 aromatic heterocycles. The van der Waals surface area contributed by atoms with E-state index in [0.29, 0.717) is 55.1 Å². The summed E-state index contributed by atoms with van der Waals surface area (Å²) in [5.74, 6) is 1.21. The molecule has 0 aliphatic carbocycles. The van der Waals surface area contributed by atoms with Gasteiger partial charge in [0.15, 0.2) is 17.5 Å². The molecule has 1 unspecified atom stereocenters. The molecule has 1 saturated heterocycles. The monoisotopic (exact) mass is 576 g/mol. The summed E-state index contributed by atoms with van der Waals surface area (Å²) in [7, 11) is 4.71. The number of halogens is 3. The van der Waals surface area contributed by atoms with Crippen LogP contribution in [0.2, 0.25) is 0 Å². The van der Waals surface area contributed by atoms with Gasteiger partial charge in [0.1, 0.15) is 11.6 Å². The van der Waals surface area contributed by atoms with E-state index < -0.39 is 11.6 Å². The van der Waals surface area contributed by atoms with Crippen molar-refractivity contribution in [2.24, 2.45) is 4.99 Å². The smallest absolute Gasteiger partial charge is 0.203 e. The molecular weight excluding hydrogens is 545 g/mol. The van der Waals surface area contributed by atoms with Gasteiger partial charge < -0.3 is 29.7 Å². The molecule has 0 spiro atoms. The number of hydrogen-bond donors (Lipinski definition) is 2. The third-order valence-corrected chi connectivity index (χ3v) is 5.27. The minimum atomic E-state index is -0.575. The lowest BCUT2D eigenvalue weighted by atomic mass is 10.2. The molecule has 3 rings (SSSR count). The van der Waals surface area contributed by atoms with Crippen molar-refractivity contribution >= 4 is 35.6 Å². The highest BCUT2D eigenvalue weighted by Gasteiger charge is 2.25. The molecule has 10 heteroatoms. The van der Waals surface area contributed by atoms with E-state index in [1.54, 1.807) is 21.3 Å². The minimum Gasteiger partial charge on any atom is -0.493 e. The maximum absolute atomic E-state index is 14.1. The molecule has 7 nitrogen and oxygen atoms in total. The Morgan fingerprint density at radius 1 is 1.09 bits per heavy atom. The second kappa shape index (κ2) is 12.7. The van der Waals surface area contributed by atoms with E-state index in [-0.39, 0.29) is 30.0 Å². The van der Waals surface area contributed by atoms with Gasteiger partial charge in [-0.05, 0) is 43.2 Å². The molecule has 2 N–H and O–H groups in total. The third-order valence-electron chi connectivity index (χ3n) is 5.27. The zero-order valence-electron chi connectivity index (χ0n) is 19.3. The Balaban J connectivity index is 0.00000385. The Hall–Kier alpha value is -2.50. The van der Waals surface area contributed by atoms with Crippen molar-refractivity contribution in [3.05, 3.63) is 47.5 Å². The molecule has 0 saturated carbocycles. The predicted molar refractivity (Wildman–Crippen MR) is 136 cm³/mol. The van der Waals surface area contributed by atoms with Gasteiger partial charge in [0.2, 0.25) is 5.75 Å². The van der Waals surface area contributed by atoms with E-state index in [4.69, 9.17) is 14.2 Å².